The Kier molecular flexibility index (Phi) is 5.10. The van der Waals surface area contributed by atoms with Crippen molar-refractivity contribution in [2.75, 3.05) is 6.26 Å². The molecule has 0 radical (unpaired) electrons. The molecule has 0 aliphatic heterocycles. The van der Waals surface area contributed by atoms with Crippen LogP contribution in [0.2, 0.25) is 0 Å². The highest BCUT2D eigenvalue weighted by atomic mass is 32.2. The molecule has 1 aromatic rings. The summed E-state index contributed by atoms with van der Waals surface area (Å²) in [5.74, 6) is 0. The van der Waals surface area contributed by atoms with Crippen LogP contribution in [0.5, 0.6) is 0 Å². The van der Waals surface area contributed by atoms with Crippen molar-refractivity contribution < 1.29 is 0 Å². The van der Waals surface area contributed by atoms with E-state index >= 15 is 0 Å². The lowest BCUT2D eigenvalue weighted by Crippen LogP contribution is -2.41. The Labute approximate surface area is 119 Å². The number of aryl methyl sites for hydroxylation is 2. The van der Waals surface area contributed by atoms with Gasteiger partial charge in [0.2, 0.25) is 0 Å². The lowest BCUT2D eigenvalue weighted by molar-refractivity contribution is 0.357. The summed E-state index contributed by atoms with van der Waals surface area (Å²) in [5, 5.41) is 5.81. The van der Waals surface area contributed by atoms with Gasteiger partial charge >= 0.3 is 0 Å². The van der Waals surface area contributed by atoms with Crippen molar-refractivity contribution in [2.24, 2.45) is 0 Å². The molecule has 2 rings (SSSR count). The van der Waals surface area contributed by atoms with Crippen molar-refractivity contribution >= 4 is 23.1 Å². The SMILES string of the molecule is CSC1CCCCC1NC(C)c1sc(C)nc1C. The molecule has 1 fully saturated rings. The zero-order valence-corrected chi connectivity index (χ0v) is 13.5. The van der Waals surface area contributed by atoms with Crippen LogP contribution in [-0.4, -0.2) is 22.5 Å². The standard InChI is InChI=1S/C14H24N2S2/c1-9-14(18-11(3)15-9)10(2)16-12-7-5-6-8-13(12)17-4/h10,12-13,16H,5-8H2,1-4H3. The van der Waals surface area contributed by atoms with Gasteiger partial charge < -0.3 is 5.32 Å². The monoisotopic (exact) mass is 284 g/mol. The number of rotatable bonds is 4. The average molecular weight is 284 g/mol. The van der Waals surface area contributed by atoms with E-state index in [9.17, 15) is 0 Å². The number of thioether (sulfide) groups is 1. The van der Waals surface area contributed by atoms with Gasteiger partial charge in [-0.05, 0) is 39.9 Å². The third-order valence-electron chi connectivity index (χ3n) is 3.80. The van der Waals surface area contributed by atoms with Crippen LogP contribution in [0.3, 0.4) is 0 Å². The number of nitrogens with one attached hydrogen (secondary N) is 1. The van der Waals surface area contributed by atoms with E-state index < -0.39 is 0 Å². The molecule has 3 atom stereocenters. The summed E-state index contributed by atoms with van der Waals surface area (Å²) in [6, 6.07) is 1.11. The Morgan fingerprint density at radius 1 is 1.33 bits per heavy atom. The van der Waals surface area contributed by atoms with Gasteiger partial charge in [0.15, 0.2) is 0 Å². The maximum atomic E-state index is 4.54. The minimum atomic E-state index is 0.439. The van der Waals surface area contributed by atoms with Gasteiger partial charge in [-0.2, -0.15) is 11.8 Å². The summed E-state index contributed by atoms with van der Waals surface area (Å²) in [5.41, 5.74) is 1.20. The number of hydrogen-bond acceptors (Lipinski definition) is 4. The highest BCUT2D eigenvalue weighted by Gasteiger charge is 2.26. The molecule has 0 bridgehead atoms. The van der Waals surface area contributed by atoms with Crippen LogP contribution in [0.15, 0.2) is 0 Å². The van der Waals surface area contributed by atoms with E-state index in [-0.39, 0.29) is 0 Å². The lowest BCUT2D eigenvalue weighted by Gasteiger charge is -2.33. The maximum absolute atomic E-state index is 4.54. The molecule has 1 aliphatic rings. The summed E-state index contributed by atoms with van der Waals surface area (Å²) in [6.07, 6.45) is 7.72. The predicted octanol–water partition coefficient (Wildman–Crippen LogP) is 4.08. The van der Waals surface area contributed by atoms with Crippen molar-refractivity contribution in [2.45, 2.75) is 63.8 Å². The van der Waals surface area contributed by atoms with Crippen molar-refractivity contribution in [1.82, 2.24) is 10.3 Å². The Balaban J connectivity index is 2.01. The van der Waals surface area contributed by atoms with Gasteiger partial charge in [-0.1, -0.05) is 12.8 Å². The molecule has 1 N–H and O–H groups in total. The van der Waals surface area contributed by atoms with E-state index in [1.807, 2.05) is 23.1 Å². The number of nitrogens with zero attached hydrogens (tertiary/aromatic N) is 1. The molecule has 1 heterocycles. The highest BCUT2D eigenvalue weighted by Crippen LogP contribution is 2.31. The van der Waals surface area contributed by atoms with E-state index in [4.69, 9.17) is 0 Å². The summed E-state index contributed by atoms with van der Waals surface area (Å²) < 4.78 is 0. The Morgan fingerprint density at radius 2 is 2.06 bits per heavy atom. The molecule has 102 valence electrons. The molecule has 2 nitrogen and oxygen atoms in total. The first-order valence-corrected chi connectivity index (χ1v) is 8.95. The summed E-state index contributed by atoms with van der Waals surface area (Å²) in [7, 11) is 0. The van der Waals surface area contributed by atoms with Gasteiger partial charge in [0.05, 0.1) is 10.7 Å². The van der Waals surface area contributed by atoms with E-state index in [0.29, 0.717) is 12.1 Å². The quantitative estimate of drug-likeness (QED) is 0.901. The van der Waals surface area contributed by atoms with Crippen LogP contribution < -0.4 is 5.32 Å². The second-order valence-corrected chi connectivity index (χ2v) is 7.55. The van der Waals surface area contributed by atoms with Crippen molar-refractivity contribution in [3.63, 3.8) is 0 Å². The van der Waals surface area contributed by atoms with Crippen molar-refractivity contribution in [3.05, 3.63) is 15.6 Å². The van der Waals surface area contributed by atoms with Crippen molar-refractivity contribution in [3.8, 4) is 0 Å². The Morgan fingerprint density at radius 3 is 2.67 bits per heavy atom. The van der Waals surface area contributed by atoms with Gasteiger partial charge in [-0.25, -0.2) is 4.98 Å². The summed E-state index contributed by atoms with van der Waals surface area (Å²) in [6.45, 7) is 6.51. The fourth-order valence-electron chi connectivity index (χ4n) is 2.92. The van der Waals surface area contributed by atoms with E-state index in [1.165, 1.54) is 41.3 Å². The van der Waals surface area contributed by atoms with Gasteiger partial charge in [0, 0.05) is 22.2 Å². The first-order chi connectivity index (χ1) is 8.61. The van der Waals surface area contributed by atoms with Crippen LogP contribution in [0.4, 0.5) is 0 Å². The Bertz CT molecular complexity index is 389. The highest BCUT2D eigenvalue weighted by molar-refractivity contribution is 7.99. The van der Waals surface area contributed by atoms with Crippen LogP contribution in [-0.2, 0) is 0 Å². The van der Waals surface area contributed by atoms with Crippen LogP contribution in [0.1, 0.15) is 54.2 Å². The molecule has 1 saturated carbocycles. The topological polar surface area (TPSA) is 24.9 Å². The molecular weight excluding hydrogens is 260 g/mol. The smallest absolute Gasteiger partial charge is 0.0900 e. The largest absolute Gasteiger partial charge is 0.306 e. The molecule has 18 heavy (non-hydrogen) atoms. The van der Waals surface area contributed by atoms with Crippen LogP contribution >= 0.6 is 23.1 Å². The molecule has 1 aromatic heterocycles. The predicted molar refractivity (Wildman–Crippen MR) is 82.7 cm³/mol. The molecular formula is C14H24N2S2. The van der Waals surface area contributed by atoms with Gasteiger partial charge in [0.1, 0.15) is 0 Å². The van der Waals surface area contributed by atoms with E-state index in [0.717, 1.165) is 5.25 Å². The maximum Gasteiger partial charge on any atom is 0.0900 e. The normalized spacial score (nSPS) is 26.2. The zero-order valence-electron chi connectivity index (χ0n) is 11.8. The number of thiazole rings is 1. The lowest BCUT2D eigenvalue weighted by atomic mass is 9.94. The van der Waals surface area contributed by atoms with E-state index in [1.54, 1.807) is 0 Å². The van der Waals surface area contributed by atoms with Crippen molar-refractivity contribution in [1.29, 1.82) is 0 Å². The molecule has 0 spiro atoms. The first kappa shape index (κ1) is 14.4. The van der Waals surface area contributed by atoms with E-state index in [2.05, 4.69) is 37.3 Å². The third-order valence-corrected chi connectivity index (χ3v) is 6.23. The Hall–Kier alpha value is -0.0600. The molecule has 4 heteroatoms. The molecule has 0 saturated heterocycles. The van der Waals surface area contributed by atoms with Gasteiger partial charge in [-0.3, -0.25) is 0 Å². The van der Waals surface area contributed by atoms with Crippen LogP contribution in [0, 0.1) is 13.8 Å². The first-order valence-electron chi connectivity index (χ1n) is 6.84. The number of aromatic nitrogens is 1. The zero-order chi connectivity index (χ0) is 13.1. The minimum Gasteiger partial charge on any atom is -0.306 e. The minimum absolute atomic E-state index is 0.439. The second kappa shape index (κ2) is 6.40. The molecule has 1 aliphatic carbocycles. The van der Waals surface area contributed by atoms with Gasteiger partial charge in [0.25, 0.3) is 0 Å². The average Bonchev–Trinajstić information content (AvgIpc) is 2.69. The molecule has 3 unspecified atom stereocenters. The summed E-state index contributed by atoms with van der Waals surface area (Å²) in [4.78, 5) is 5.95. The molecule has 0 amide bonds. The fourth-order valence-corrected chi connectivity index (χ4v) is 4.80. The fraction of sp³-hybridized carbons (Fsp3) is 0.786. The van der Waals surface area contributed by atoms with Gasteiger partial charge in [-0.15, -0.1) is 11.3 Å². The molecule has 0 aromatic carbocycles. The number of hydrogen-bond donors (Lipinski definition) is 1. The second-order valence-electron chi connectivity index (χ2n) is 5.24. The van der Waals surface area contributed by atoms with Crippen LogP contribution in [0.25, 0.3) is 0 Å². The summed E-state index contributed by atoms with van der Waals surface area (Å²) >= 11 is 3.87. The third kappa shape index (κ3) is 3.28.